The second kappa shape index (κ2) is 7.51. The average Bonchev–Trinajstić information content (AvgIpc) is 3.52. The van der Waals surface area contributed by atoms with Gasteiger partial charge < -0.3 is 19.7 Å². The molecule has 5 heteroatoms. The number of benzene rings is 2. The number of fused-ring (bicyclic) bond motifs is 1. The van der Waals surface area contributed by atoms with Gasteiger partial charge >= 0.3 is 0 Å². The van der Waals surface area contributed by atoms with Crippen molar-refractivity contribution < 1.29 is 14.3 Å². The summed E-state index contributed by atoms with van der Waals surface area (Å²) in [5.74, 6) is 1.58. The summed E-state index contributed by atoms with van der Waals surface area (Å²) >= 11 is 0. The van der Waals surface area contributed by atoms with Crippen molar-refractivity contribution in [1.82, 2.24) is 4.90 Å². The van der Waals surface area contributed by atoms with Crippen LogP contribution in [0.25, 0.3) is 0 Å². The van der Waals surface area contributed by atoms with Crippen molar-refractivity contribution in [2.75, 3.05) is 18.5 Å². The van der Waals surface area contributed by atoms with Crippen LogP contribution in [0.1, 0.15) is 55.2 Å². The van der Waals surface area contributed by atoms with Crippen LogP contribution in [0.2, 0.25) is 0 Å². The van der Waals surface area contributed by atoms with Crippen LogP contribution in [0.3, 0.4) is 0 Å². The van der Waals surface area contributed by atoms with E-state index in [0.29, 0.717) is 19.3 Å². The zero-order valence-corrected chi connectivity index (χ0v) is 15.9. The van der Waals surface area contributed by atoms with Gasteiger partial charge in [0.1, 0.15) is 6.17 Å². The first-order chi connectivity index (χ1) is 13.2. The molecular weight excluding hydrogens is 340 g/mol. The molecule has 1 saturated carbocycles. The fourth-order valence-corrected chi connectivity index (χ4v) is 3.54. The average molecular weight is 366 g/mol. The van der Waals surface area contributed by atoms with Crippen molar-refractivity contribution in [3.05, 3.63) is 53.6 Å². The lowest BCUT2D eigenvalue weighted by Gasteiger charge is -2.38. The molecule has 5 nitrogen and oxygen atoms in total. The number of nitrogens with zero attached hydrogens (tertiary/aromatic N) is 1. The topological polar surface area (TPSA) is 50.8 Å². The number of amides is 1. The lowest BCUT2D eigenvalue weighted by molar-refractivity contribution is 0.0666. The molecule has 1 fully saturated rings. The molecule has 0 saturated heterocycles. The molecule has 1 N–H and O–H groups in total. The minimum absolute atomic E-state index is 0.0983. The van der Waals surface area contributed by atoms with Crippen molar-refractivity contribution in [2.24, 2.45) is 0 Å². The minimum atomic E-state index is -0.195. The standard InChI is InChI=1S/C22H26N2O3/c1-3-13-27-19-12-9-15(14-20(19)26-4-2)21-23-18-8-6-5-7-17(18)22(25)24(21)16-10-11-16/h5-9,12,14,16,21,23H,3-4,10-11,13H2,1-2H3/t21-/m0/s1. The Morgan fingerprint density at radius 1 is 1.07 bits per heavy atom. The van der Waals surface area contributed by atoms with Crippen LogP contribution < -0.4 is 14.8 Å². The Kier molecular flexibility index (Phi) is 4.92. The number of anilines is 1. The highest BCUT2D eigenvalue weighted by Crippen LogP contribution is 2.42. The van der Waals surface area contributed by atoms with E-state index in [2.05, 4.69) is 12.2 Å². The van der Waals surface area contributed by atoms with E-state index >= 15 is 0 Å². The third kappa shape index (κ3) is 3.46. The second-order valence-corrected chi connectivity index (χ2v) is 7.02. The van der Waals surface area contributed by atoms with E-state index in [1.807, 2.05) is 54.3 Å². The maximum absolute atomic E-state index is 13.1. The first-order valence-corrected chi connectivity index (χ1v) is 9.80. The molecule has 1 amide bonds. The number of hydrogen-bond acceptors (Lipinski definition) is 4. The summed E-state index contributed by atoms with van der Waals surface area (Å²) < 4.78 is 11.6. The van der Waals surface area contributed by atoms with E-state index in [9.17, 15) is 4.79 Å². The number of carbonyl (C=O) groups is 1. The Morgan fingerprint density at radius 3 is 2.63 bits per heavy atom. The highest BCUT2D eigenvalue weighted by molar-refractivity contribution is 6.02. The Bertz CT molecular complexity index is 832. The smallest absolute Gasteiger partial charge is 0.258 e. The summed E-state index contributed by atoms with van der Waals surface area (Å²) in [4.78, 5) is 15.1. The van der Waals surface area contributed by atoms with Gasteiger partial charge in [0.2, 0.25) is 0 Å². The van der Waals surface area contributed by atoms with Crippen molar-refractivity contribution in [1.29, 1.82) is 0 Å². The predicted octanol–water partition coefficient (Wildman–Crippen LogP) is 4.60. The molecule has 0 aromatic heterocycles. The Labute approximate surface area is 160 Å². The van der Waals surface area contributed by atoms with E-state index in [1.165, 1.54) is 0 Å². The fourth-order valence-electron chi connectivity index (χ4n) is 3.54. The second-order valence-electron chi connectivity index (χ2n) is 7.02. The quantitative estimate of drug-likeness (QED) is 0.778. The molecule has 2 aliphatic rings. The molecule has 0 bridgehead atoms. The third-order valence-electron chi connectivity index (χ3n) is 4.95. The Morgan fingerprint density at radius 2 is 1.89 bits per heavy atom. The van der Waals surface area contributed by atoms with Crippen LogP contribution in [0.5, 0.6) is 11.5 Å². The minimum Gasteiger partial charge on any atom is -0.490 e. The van der Waals surface area contributed by atoms with Gasteiger partial charge in [0, 0.05) is 11.7 Å². The van der Waals surface area contributed by atoms with Crippen molar-refractivity contribution >= 4 is 11.6 Å². The fraction of sp³-hybridized carbons (Fsp3) is 0.409. The Hall–Kier alpha value is -2.69. The molecule has 2 aromatic carbocycles. The molecule has 0 spiro atoms. The molecule has 0 unspecified atom stereocenters. The van der Waals surface area contributed by atoms with Gasteiger partial charge in [-0.05, 0) is 56.0 Å². The number of para-hydroxylation sites is 1. The monoisotopic (exact) mass is 366 g/mol. The number of nitrogens with one attached hydrogen (secondary N) is 1. The molecule has 1 aliphatic heterocycles. The number of ether oxygens (including phenoxy) is 2. The summed E-state index contributed by atoms with van der Waals surface area (Å²) in [6.45, 7) is 5.27. The lowest BCUT2D eigenvalue weighted by Crippen LogP contribution is -2.44. The highest BCUT2D eigenvalue weighted by atomic mass is 16.5. The first-order valence-electron chi connectivity index (χ1n) is 9.80. The molecule has 2 aromatic rings. The first kappa shape index (κ1) is 17.7. The van der Waals surface area contributed by atoms with Crippen molar-refractivity contribution in [3.63, 3.8) is 0 Å². The summed E-state index contributed by atoms with van der Waals surface area (Å²) in [5, 5.41) is 3.56. The van der Waals surface area contributed by atoms with Crippen LogP contribution in [-0.4, -0.2) is 30.1 Å². The van der Waals surface area contributed by atoms with Gasteiger partial charge in [0.15, 0.2) is 11.5 Å². The van der Waals surface area contributed by atoms with Crippen LogP contribution in [0.15, 0.2) is 42.5 Å². The van der Waals surface area contributed by atoms with Crippen molar-refractivity contribution in [3.8, 4) is 11.5 Å². The zero-order chi connectivity index (χ0) is 18.8. The van der Waals surface area contributed by atoms with E-state index in [-0.39, 0.29) is 12.1 Å². The van der Waals surface area contributed by atoms with Gasteiger partial charge in [-0.15, -0.1) is 0 Å². The van der Waals surface area contributed by atoms with Gasteiger partial charge in [-0.25, -0.2) is 0 Å². The van der Waals surface area contributed by atoms with Gasteiger partial charge in [0.05, 0.1) is 18.8 Å². The number of rotatable bonds is 7. The summed E-state index contributed by atoms with van der Waals surface area (Å²) in [5.41, 5.74) is 2.64. The van der Waals surface area contributed by atoms with E-state index < -0.39 is 0 Å². The van der Waals surface area contributed by atoms with Crippen LogP contribution in [-0.2, 0) is 0 Å². The van der Waals surface area contributed by atoms with E-state index in [1.54, 1.807) is 0 Å². The third-order valence-corrected chi connectivity index (χ3v) is 4.95. The summed E-state index contributed by atoms with van der Waals surface area (Å²) in [7, 11) is 0. The number of carbonyl (C=O) groups excluding carboxylic acids is 1. The van der Waals surface area contributed by atoms with Gasteiger partial charge in [-0.3, -0.25) is 4.79 Å². The molecule has 0 radical (unpaired) electrons. The maximum Gasteiger partial charge on any atom is 0.258 e. The molecular formula is C22H26N2O3. The molecule has 4 rings (SSSR count). The predicted molar refractivity (Wildman–Crippen MR) is 105 cm³/mol. The van der Waals surface area contributed by atoms with Gasteiger partial charge in [-0.1, -0.05) is 25.1 Å². The van der Waals surface area contributed by atoms with Gasteiger partial charge in [0.25, 0.3) is 5.91 Å². The molecule has 142 valence electrons. The summed E-state index contributed by atoms with van der Waals surface area (Å²) in [6, 6.07) is 14.0. The SMILES string of the molecule is CCCOc1ccc([C@H]2Nc3ccccc3C(=O)N2C2CC2)cc1OCC. The normalized spacial score (nSPS) is 18.7. The molecule has 1 atom stereocenters. The van der Waals surface area contributed by atoms with Crippen LogP contribution in [0, 0.1) is 0 Å². The lowest BCUT2D eigenvalue weighted by atomic mass is 10.0. The molecule has 27 heavy (non-hydrogen) atoms. The maximum atomic E-state index is 13.1. The van der Waals surface area contributed by atoms with E-state index in [0.717, 1.165) is 47.6 Å². The molecule has 1 aliphatic carbocycles. The largest absolute Gasteiger partial charge is 0.490 e. The van der Waals surface area contributed by atoms with Crippen LogP contribution in [0.4, 0.5) is 5.69 Å². The van der Waals surface area contributed by atoms with Crippen LogP contribution >= 0.6 is 0 Å². The summed E-state index contributed by atoms with van der Waals surface area (Å²) in [6.07, 6.45) is 2.86. The number of hydrogen-bond donors (Lipinski definition) is 1. The zero-order valence-electron chi connectivity index (χ0n) is 15.9. The Balaban J connectivity index is 1.70. The van der Waals surface area contributed by atoms with E-state index in [4.69, 9.17) is 9.47 Å². The molecule has 1 heterocycles. The van der Waals surface area contributed by atoms with Crippen molar-refractivity contribution in [2.45, 2.75) is 45.3 Å². The highest BCUT2D eigenvalue weighted by Gasteiger charge is 2.42. The van der Waals surface area contributed by atoms with Gasteiger partial charge in [-0.2, -0.15) is 0 Å².